The van der Waals surface area contributed by atoms with Gasteiger partial charge in [0.25, 0.3) is 0 Å². The summed E-state index contributed by atoms with van der Waals surface area (Å²) in [5, 5.41) is 54.4. The van der Waals surface area contributed by atoms with E-state index in [1.165, 1.54) is 315 Å². The molecule has 1 aliphatic rings. The van der Waals surface area contributed by atoms with Crippen LogP contribution in [0.5, 0.6) is 0 Å². The Hall–Kier alpha value is -1.86. The summed E-state index contributed by atoms with van der Waals surface area (Å²) in [5.74, 6) is -0.160. The van der Waals surface area contributed by atoms with Gasteiger partial charge in [0, 0.05) is 12.8 Å². The predicted molar refractivity (Wildman–Crippen MR) is 371 cm³/mol. The summed E-state index contributed by atoms with van der Waals surface area (Å²) < 4.78 is 16.7. The van der Waals surface area contributed by atoms with Crippen molar-refractivity contribution in [3.05, 3.63) is 24.3 Å². The third-order valence-electron chi connectivity index (χ3n) is 18.6. The summed E-state index contributed by atoms with van der Waals surface area (Å²) in [4.78, 5) is 25.1. The third kappa shape index (κ3) is 54.7. The minimum Gasteiger partial charge on any atom is -0.466 e. The molecule has 520 valence electrons. The van der Waals surface area contributed by atoms with E-state index in [-0.39, 0.29) is 18.5 Å². The fourth-order valence-electron chi connectivity index (χ4n) is 12.5. The second-order valence-corrected chi connectivity index (χ2v) is 27.1. The summed E-state index contributed by atoms with van der Waals surface area (Å²) >= 11 is 0. The van der Waals surface area contributed by atoms with Crippen molar-refractivity contribution >= 4 is 11.9 Å². The summed E-state index contributed by atoms with van der Waals surface area (Å²) in [7, 11) is 0. The smallest absolute Gasteiger partial charge is 0.305 e. The largest absolute Gasteiger partial charge is 0.466 e. The zero-order valence-electron chi connectivity index (χ0n) is 58.0. The molecule has 11 nitrogen and oxygen atoms in total. The van der Waals surface area contributed by atoms with Gasteiger partial charge in [-0.25, -0.2) is 0 Å². The van der Waals surface area contributed by atoms with Crippen LogP contribution in [0.1, 0.15) is 393 Å². The van der Waals surface area contributed by atoms with Crippen molar-refractivity contribution in [1.29, 1.82) is 0 Å². The highest BCUT2D eigenvalue weighted by Crippen LogP contribution is 2.24. The zero-order valence-corrected chi connectivity index (χ0v) is 58.0. The molecule has 0 spiro atoms. The van der Waals surface area contributed by atoms with Gasteiger partial charge in [0.2, 0.25) is 5.91 Å². The van der Waals surface area contributed by atoms with E-state index in [1.807, 2.05) is 6.08 Å². The number of amides is 1. The summed E-state index contributed by atoms with van der Waals surface area (Å²) in [6, 6.07) is -0.806. The van der Waals surface area contributed by atoms with Gasteiger partial charge < -0.3 is 45.1 Å². The van der Waals surface area contributed by atoms with Crippen LogP contribution in [0.4, 0.5) is 0 Å². The predicted octanol–water partition coefficient (Wildman–Crippen LogP) is 20.4. The number of nitrogens with one attached hydrogen (secondary N) is 1. The Morgan fingerprint density at radius 3 is 1.09 bits per heavy atom. The van der Waals surface area contributed by atoms with Crippen LogP contribution < -0.4 is 5.32 Å². The molecule has 0 aromatic carbocycles. The maximum Gasteiger partial charge on any atom is 0.305 e. The fourth-order valence-corrected chi connectivity index (χ4v) is 12.5. The van der Waals surface area contributed by atoms with Gasteiger partial charge in [-0.3, -0.25) is 9.59 Å². The molecule has 1 amide bonds. The maximum atomic E-state index is 13.0. The quantitative estimate of drug-likeness (QED) is 0.0195. The average Bonchev–Trinajstić information content (AvgIpc) is 1.96. The van der Waals surface area contributed by atoms with E-state index in [0.29, 0.717) is 19.4 Å². The van der Waals surface area contributed by atoms with Crippen LogP contribution in [0.25, 0.3) is 0 Å². The molecule has 7 unspecified atom stereocenters. The van der Waals surface area contributed by atoms with E-state index < -0.39 is 49.5 Å². The van der Waals surface area contributed by atoms with Crippen molar-refractivity contribution < 1.29 is 49.3 Å². The van der Waals surface area contributed by atoms with Crippen molar-refractivity contribution in [1.82, 2.24) is 5.32 Å². The van der Waals surface area contributed by atoms with Gasteiger partial charge in [-0.15, -0.1) is 0 Å². The van der Waals surface area contributed by atoms with E-state index in [2.05, 4.69) is 31.3 Å². The van der Waals surface area contributed by atoms with Gasteiger partial charge in [0.1, 0.15) is 24.4 Å². The Bertz CT molecular complexity index is 1510. The van der Waals surface area contributed by atoms with Gasteiger partial charge in [-0.2, -0.15) is 0 Å². The molecule has 0 saturated carbocycles. The monoisotopic (exact) mass is 1250 g/mol. The van der Waals surface area contributed by atoms with Crippen molar-refractivity contribution in [2.75, 3.05) is 19.8 Å². The third-order valence-corrected chi connectivity index (χ3v) is 18.6. The van der Waals surface area contributed by atoms with E-state index in [1.54, 1.807) is 6.08 Å². The second kappa shape index (κ2) is 66.6. The number of aliphatic hydroxyl groups excluding tert-OH is 5. The molecule has 88 heavy (non-hydrogen) atoms. The number of carbonyl (C=O) groups is 2. The van der Waals surface area contributed by atoms with E-state index in [0.717, 1.165) is 51.4 Å². The zero-order chi connectivity index (χ0) is 63.7. The molecule has 1 fully saturated rings. The van der Waals surface area contributed by atoms with Crippen molar-refractivity contribution in [3.63, 3.8) is 0 Å². The van der Waals surface area contributed by atoms with Gasteiger partial charge in [0.15, 0.2) is 6.29 Å². The van der Waals surface area contributed by atoms with E-state index in [4.69, 9.17) is 14.2 Å². The highest BCUT2D eigenvalue weighted by molar-refractivity contribution is 5.76. The van der Waals surface area contributed by atoms with Crippen LogP contribution in [0.3, 0.4) is 0 Å². The normalized spacial score (nSPS) is 17.8. The average molecular weight is 1250 g/mol. The van der Waals surface area contributed by atoms with Crippen LogP contribution >= 0.6 is 0 Å². The van der Waals surface area contributed by atoms with Crippen LogP contribution in [-0.4, -0.2) is 100 Å². The fraction of sp³-hybridized carbons (Fsp3) is 0.922. The molecule has 1 saturated heterocycles. The number of hydrogen-bond acceptors (Lipinski definition) is 10. The van der Waals surface area contributed by atoms with Crippen molar-refractivity contribution in [3.8, 4) is 0 Å². The molecule has 0 radical (unpaired) electrons. The van der Waals surface area contributed by atoms with Gasteiger partial charge in [0.05, 0.1) is 32.0 Å². The van der Waals surface area contributed by atoms with Crippen molar-refractivity contribution in [2.45, 2.75) is 436 Å². The molecule has 11 heteroatoms. The number of rotatable bonds is 69. The summed E-state index contributed by atoms with van der Waals surface area (Å²) in [6.07, 6.45) is 75.0. The SMILES string of the molecule is CCCCCCCCCC/C=C/C(O)C(COC1OC(CO)C(O)C(O)C1O)NC(=O)CCCCCCCCCCCCCCCCCCC/C=C\CCCCCCCCCCCCCCCCOC(=O)CCCCCCCCCCCCCCCCC. The van der Waals surface area contributed by atoms with Crippen LogP contribution in [0.2, 0.25) is 0 Å². The first kappa shape index (κ1) is 84.2. The molecule has 1 heterocycles. The molecule has 1 aliphatic heterocycles. The second-order valence-electron chi connectivity index (χ2n) is 27.1. The minimum absolute atomic E-state index is 0.0172. The standard InChI is InChI=1S/C77H147NO10/c1-3-5-7-9-11-13-15-16-38-42-45-49-53-57-61-65-73(82)86-66-62-58-54-50-46-43-40-37-35-33-31-29-27-25-23-21-19-17-18-20-22-24-26-28-30-32-34-36-39-41-44-48-52-56-60-64-72(81)78-69(68-87-77-76(85)75(84)74(83)71(67-79)88-77)70(80)63-59-55-51-47-14-12-10-8-6-4-2/h19,21,59,63,69-71,74-77,79-80,83-85H,3-18,20,22-58,60-62,64-68H2,1-2H3,(H,78,81)/b21-19-,63-59+. The highest BCUT2D eigenvalue weighted by atomic mass is 16.7. The molecule has 0 bridgehead atoms. The first-order valence-corrected chi connectivity index (χ1v) is 38.6. The Morgan fingerprint density at radius 1 is 0.409 bits per heavy atom. The van der Waals surface area contributed by atoms with Crippen molar-refractivity contribution in [2.24, 2.45) is 0 Å². The van der Waals surface area contributed by atoms with Gasteiger partial charge in [-0.05, 0) is 57.8 Å². The molecule has 0 aromatic heterocycles. The molecular weight excluding hydrogens is 1100 g/mol. The number of carbonyl (C=O) groups excluding carboxylic acids is 2. The Labute approximate surface area is 543 Å². The van der Waals surface area contributed by atoms with Gasteiger partial charge in [-0.1, -0.05) is 346 Å². The lowest BCUT2D eigenvalue weighted by Gasteiger charge is -2.40. The van der Waals surface area contributed by atoms with Crippen LogP contribution in [0, 0.1) is 0 Å². The molecule has 1 rings (SSSR count). The molecule has 0 aromatic rings. The first-order valence-electron chi connectivity index (χ1n) is 38.6. The topological polar surface area (TPSA) is 175 Å². The summed E-state index contributed by atoms with van der Waals surface area (Å²) in [6.45, 7) is 4.38. The molecular formula is C77H147NO10. The lowest BCUT2D eigenvalue weighted by molar-refractivity contribution is -0.302. The van der Waals surface area contributed by atoms with Gasteiger partial charge >= 0.3 is 5.97 Å². The highest BCUT2D eigenvalue weighted by Gasteiger charge is 2.44. The lowest BCUT2D eigenvalue weighted by Crippen LogP contribution is -2.60. The van der Waals surface area contributed by atoms with Crippen LogP contribution in [0.15, 0.2) is 24.3 Å². The number of ether oxygens (including phenoxy) is 3. The Morgan fingerprint density at radius 2 is 0.727 bits per heavy atom. The first-order chi connectivity index (χ1) is 43.2. The number of esters is 1. The minimum atomic E-state index is -1.57. The lowest BCUT2D eigenvalue weighted by atomic mass is 9.99. The number of allylic oxidation sites excluding steroid dienone is 3. The summed E-state index contributed by atoms with van der Waals surface area (Å²) in [5.41, 5.74) is 0. The molecule has 0 aliphatic carbocycles. The maximum absolute atomic E-state index is 13.0. The Balaban J connectivity index is 1.88. The number of hydrogen-bond donors (Lipinski definition) is 6. The van der Waals surface area contributed by atoms with E-state index in [9.17, 15) is 35.1 Å². The Kier molecular flexibility index (Phi) is 63.7. The van der Waals surface area contributed by atoms with E-state index >= 15 is 0 Å². The number of aliphatic hydroxyl groups is 5. The molecule has 7 atom stereocenters. The van der Waals surface area contributed by atoms with Crippen LogP contribution in [-0.2, 0) is 23.8 Å². The number of unbranched alkanes of at least 4 members (excludes halogenated alkanes) is 53. The molecule has 6 N–H and O–H groups in total.